The molecule has 0 N–H and O–H groups in total. The molecule has 0 heterocycles. The number of aryl methyl sites for hydroxylation is 1. The Morgan fingerprint density at radius 2 is 1.90 bits per heavy atom. The van der Waals surface area contributed by atoms with E-state index in [4.69, 9.17) is 10.00 Å². The average Bonchev–Trinajstić information content (AvgIpc) is 2.48. The van der Waals surface area contributed by atoms with Crippen LogP contribution in [0.5, 0.6) is 5.75 Å². The highest BCUT2D eigenvalue weighted by Gasteiger charge is 2.01. The van der Waals surface area contributed by atoms with E-state index >= 15 is 0 Å². The van der Waals surface area contributed by atoms with E-state index in [1.165, 1.54) is 11.1 Å². The van der Waals surface area contributed by atoms with Crippen LogP contribution < -0.4 is 4.74 Å². The quantitative estimate of drug-likeness (QED) is 0.814. The summed E-state index contributed by atoms with van der Waals surface area (Å²) in [5.74, 6) is 0.918. The van der Waals surface area contributed by atoms with Crippen LogP contribution in [0.2, 0.25) is 0 Å². The van der Waals surface area contributed by atoms with Crippen LogP contribution >= 0.6 is 0 Å². The van der Waals surface area contributed by atoms with Gasteiger partial charge in [-0.2, -0.15) is 5.26 Å². The maximum atomic E-state index is 8.78. The predicted molar refractivity (Wildman–Crippen MR) is 84.2 cm³/mol. The van der Waals surface area contributed by atoms with E-state index < -0.39 is 0 Å². The van der Waals surface area contributed by atoms with Gasteiger partial charge in [-0.25, -0.2) is 0 Å². The van der Waals surface area contributed by atoms with Gasteiger partial charge in [0.2, 0.25) is 0 Å². The number of ether oxygens (including phenoxy) is 1. The van der Waals surface area contributed by atoms with Gasteiger partial charge in [0.15, 0.2) is 0 Å². The molecule has 0 unspecified atom stereocenters. The largest absolute Gasteiger partial charge is 0.492 e. The van der Waals surface area contributed by atoms with Gasteiger partial charge in [0.1, 0.15) is 12.4 Å². The molecule has 2 aromatic carbocycles. The van der Waals surface area contributed by atoms with Crippen LogP contribution in [0.3, 0.4) is 0 Å². The second kappa shape index (κ2) is 7.47. The first kappa shape index (κ1) is 15.1. The van der Waals surface area contributed by atoms with E-state index in [0.717, 1.165) is 18.8 Å². The highest BCUT2D eigenvalue weighted by Crippen LogP contribution is 2.12. The zero-order valence-corrected chi connectivity index (χ0v) is 12.5. The van der Waals surface area contributed by atoms with Crippen molar-refractivity contribution in [3.05, 3.63) is 65.2 Å². The Labute approximate surface area is 126 Å². The number of rotatable bonds is 6. The van der Waals surface area contributed by atoms with Crippen molar-refractivity contribution in [3.63, 3.8) is 0 Å². The number of hydrogen-bond acceptors (Lipinski definition) is 3. The van der Waals surface area contributed by atoms with E-state index in [2.05, 4.69) is 31.0 Å². The summed E-state index contributed by atoms with van der Waals surface area (Å²) in [6.45, 7) is 4.43. The van der Waals surface area contributed by atoms with E-state index in [9.17, 15) is 0 Å². The Morgan fingerprint density at radius 3 is 2.57 bits per heavy atom. The normalized spacial score (nSPS) is 10.4. The van der Waals surface area contributed by atoms with Crippen LogP contribution in [0, 0.1) is 18.3 Å². The molecule has 0 aliphatic heterocycles. The van der Waals surface area contributed by atoms with Crippen molar-refractivity contribution in [2.75, 3.05) is 20.2 Å². The van der Waals surface area contributed by atoms with Crippen LogP contribution in [0.15, 0.2) is 48.5 Å². The third-order valence-electron chi connectivity index (χ3n) is 3.27. The van der Waals surface area contributed by atoms with Crippen LogP contribution in [0.4, 0.5) is 0 Å². The lowest BCUT2D eigenvalue weighted by Crippen LogP contribution is -2.23. The standard InChI is InChI=1S/C18H20N2O/c1-15-4-3-5-18(12-15)21-11-10-20(2)14-17-8-6-16(13-19)7-9-17/h3-9,12H,10-11,14H2,1-2H3. The Morgan fingerprint density at radius 1 is 1.14 bits per heavy atom. The Balaban J connectivity index is 1.76. The minimum atomic E-state index is 0.663. The Bertz CT molecular complexity index is 614. The van der Waals surface area contributed by atoms with E-state index in [1.807, 2.05) is 42.5 Å². The van der Waals surface area contributed by atoms with Crippen molar-refractivity contribution < 1.29 is 4.74 Å². The Hall–Kier alpha value is -2.31. The summed E-state index contributed by atoms with van der Waals surface area (Å²) < 4.78 is 5.75. The maximum absolute atomic E-state index is 8.78. The van der Waals surface area contributed by atoms with Gasteiger partial charge in [-0.1, -0.05) is 24.3 Å². The lowest BCUT2D eigenvalue weighted by Gasteiger charge is -2.17. The molecule has 0 saturated carbocycles. The van der Waals surface area contributed by atoms with Gasteiger partial charge in [-0.05, 0) is 49.4 Å². The minimum Gasteiger partial charge on any atom is -0.492 e. The molecule has 108 valence electrons. The van der Waals surface area contributed by atoms with Crippen LogP contribution in [-0.2, 0) is 6.54 Å². The van der Waals surface area contributed by atoms with Gasteiger partial charge in [0, 0.05) is 13.1 Å². The third kappa shape index (κ3) is 4.94. The van der Waals surface area contributed by atoms with E-state index in [0.29, 0.717) is 12.2 Å². The summed E-state index contributed by atoms with van der Waals surface area (Å²) in [6.07, 6.45) is 0. The molecular formula is C18H20N2O. The zero-order chi connectivity index (χ0) is 15.1. The summed E-state index contributed by atoms with van der Waals surface area (Å²) in [5.41, 5.74) is 3.11. The summed E-state index contributed by atoms with van der Waals surface area (Å²) in [5, 5.41) is 8.78. The van der Waals surface area contributed by atoms with E-state index in [-0.39, 0.29) is 0 Å². The minimum absolute atomic E-state index is 0.663. The van der Waals surface area contributed by atoms with Crippen molar-refractivity contribution in [2.24, 2.45) is 0 Å². The third-order valence-corrected chi connectivity index (χ3v) is 3.27. The first-order valence-corrected chi connectivity index (χ1v) is 7.04. The molecule has 3 heteroatoms. The second-order valence-corrected chi connectivity index (χ2v) is 5.21. The predicted octanol–water partition coefficient (Wildman–Crippen LogP) is 3.38. The molecule has 0 aromatic heterocycles. The molecule has 2 aromatic rings. The van der Waals surface area contributed by atoms with E-state index in [1.54, 1.807) is 0 Å². The molecule has 0 saturated heterocycles. The lowest BCUT2D eigenvalue weighted by molar-refractivity contribution is 0.233. The highest BCUT2D eigenvalue weighted by atomic mass is 16.5. The molecule has 0 spiro atoms. The van der Waals surface area contributed by atoms with Gasteiger partial charge >= 0.3 is 0 Å². The summed E-state index contributed by atoms with van der Waals surface area (Å²) in [7, 11) is 2.07. The number of nitrogens with zero attached hydrogens (tertiary/aromatic N) is 2. The highest BCUT2D eigenvalue weighted by molar-refractivity contribution is 5.31. The molecule has 3 nitrogen and oxygen atoms in total. The molecular weight excluding hydrogens is 260 g/mol. The second-order valence-electron chi connectivity index (χ2n) is 5.21. The first-order valence-electron chi connectivity index (χ1n) is 7.04. The molecule has 0 bridgehead atoms. The number of benzene rings is 2. The number of hydrogen-bond donors (Lipinski definition) is 0. The molecule has 0 atom stereocenters. The van der Waals surface area contributed by atoms with Crippen molar-refractivity contribution >= 4 is 0 Å². The summed E-state index contributed by atoms with van der Waals surface area (Å²) in [4.78, 5) is 2.21. The fourth-order valence-corrected chi connectivity index (χ4v) is 2.10. The van der Waals surface area contributed by atoms with Crippen molar-refractivity contribution in [2.45, 2.75) is 13.5 Å². The molecule has 0 aliphatic carbocycles. The molecule has 0 aliphatic rings. The van der Waals surface area contributed by atoms with Crippen LogP contribution in [0.1, 0.15) is 16.7 Å². The zero-order valence-electron chi connectivity index (χ0n) is 12.5. The Kier molecular flexibility index (Phi) is 5.36. The topological polar surface area (TPSA) is 36.3 Å². The number of nitriles is 1. The van der Waals surface area contributed by atoms with Crippen molar-refractivity contribution in [1.82, 2.24) is 4.90 Å². The van der Waals surface area contributed by atoms with Crippen LogP contribution in [-0.4, -0.2) is 25.1 Å². The summed E-state index contributed by atoms with van der Waals surface area (Å²) in [6, 6.07) is 17.9. The monoisotopic (exact) mass is 280 g/mol. The SMILES string of the molecule is Cc1cccc(OCCN(C)Cc2ccc(C#N)cc2)c1. The van der Waals surface area contributed by atoms with Gasteiger partial charge in [-0.3, -0.25) is 4.90 Å². The molecule has 21 heavy (non-hydrogen) atoms. The lowest BCUT2D eigenvalue weighted by atomic mass is 10.1. The van der Waals surface area contributed by atoms with Gasteiger partial charge in [-0.15, -0.1) is 0 Å². The fraction of sp³-hybridized carbons (Fsp3) is 0.278. The smallest absolute Gasteiger partial charge is 0.119 e. The molecule has 0 radical (unpaired) electrons. The van der Waals surface area contributed by atoms with Crippen molar-refractivity contribution in [1.29, 1.82) is 5.26 Å². The summed E-state index contributed by atoms with van der Waals surface area (Å²) >= 11 is 0. The van der Waals surface area contributed by atoms with Gasteiger partial charge < -0.3 is 4.74 Å². The molecule has 2 rings (SSSR count). The average molecular weight is 280 g/mol. The fourth-order valence-electron chi connectivity index (χ4n) is 2.10. The number of likely N-dealkylation sites (N-methyl/N-ethyl adjacent to an activating group) is 1. The molecule has 0 amide bonds. The maximum Gasteiger partial charge on any atom is 0.119 e. The van der Waals surface area contributed by atoms with Crippen LogP contribution in [0.25, 0.3) is 0 Å². The van der Waals surface area contributed by atoms with Gasteiger partial charge in [0.25, 0.3) is 0 Å². The molecule has 0 fully saturated rings. The van der Waals surface area contributed by atoms with Gasteiger partial charge in [0.05, 0.1) is 11.6 Å². The first-order chi connectivity index (χ1) is 10.2. The van der Waals surface area contributed by atoms with Crippen molar-refractivity contribution in [3.8, 4) is 11.8 Å².